The molecule has 0 aliphatic carbocycles. The molecule has 0 spiro atoms. The van der Waals surface area contributed by atoms with Crippen LogP contribution in [0.4, 0.5) is 13.2 Å². The Morgan fingerprint density at radius 2 is 1.59 bits per heavy atom. The van der Waals surface area contributed by atoms with Crippen molar-refractivity contribution >= 4 is 11.8 Å². The second-order valence-electron chi connectivity index (χ2n) is 7.61. The number of hydrogen-bond acceptors (Lipinski definition) is 4. The molecule has 3 rings (SSSR count). The van der Waals surface area contributed by atoms with E-state index >= 15 is 0 Å². The maximum absolute atomic E-state index is 12.7. The Bertz CT molecular complexity index is 1120. The van der Waals surface area contributed by atoms with E-state index in [0.717, 1.165) is 29.8 Å². The van der Waals surface area contributed by atoms with Gasteiger partial charge in [0.1, 0.15) is 18.4 Å². The van der Waals surface area contributed by atoms with Gasteiger partial charge in [-0.1, -0.05) is 54.6 Å². The maximum Gasteiger partial charge on any atom is 0.416 e. The third kappa shape index (κ3) is 6.82. The highest BCUT2D eigenvalue weighted by atomic mass is 19.4. The normalized spacial score (nSPS) is 13.1. The SMILES string of the molecule is NC(=O)[C@H](Cc1cccc(OCc2ccccc2)c1)NC(=O)[C@@H](O)c1ccc(C(F)(F)F)cc1. The average molecular weight is 472 g/mol. The van der Waals surface area contributed by atoms with E-state index in [4.69, 9.17) is 10.5 Å². The zero-order chi connectivity index (χ0) is 24.7. The van der Waals surface area contributed by atoms with Gasteiger partial charge in [-0.2, -0.15) is 13.2 Å². The van der Waals surface area contributed by atoms with Crippen LogP contribution in [0.15, 0.2) is 78.9 Å². The Balaban J connectivity index is 1.63. The van der Waals surface area contributed by atoms with E-state index in [1.807, 2.05) is 30.3 Å². The molecule has 9 heteroatoms. The van der Waals surface area contributed by atoms with Crippen LogP contribution in [-0.4, -0.2) is 23.0 Å². The lowest BCUT2D eigenvalue weighted by Crippen LogP contribution is -2.47. The molecule has 0 bridgehead atoms. The van der Waals surface area contributed by atoms with E-state index in [1.54, 1.807) is 24.3 Å². The van der Waals surface area contributed by atoms with E-state index < -0.39 is 35.7 Å². The molecule has 0 radical (unpaired) electrons. The van der Waals surface area contributed by atoms with E-state index in [9.17, 15) is 27.9 Å². The van der Waals surface area contributed by atoms with Gasteiger partial charge >= 0.3 is 6.18 Å². The smallest absolute Gasteiger partial charge is 0.416 e. The molecular formula is C25H23F3N2O4. The quantitative estimate of drug-likeness (QED) is 0.444. The summed E-state index contributed by atoms with van der Waals surface area (Å²) in [5.74, 6) is -1.23. The summed E-state index contributed by atoms with van der Waals surface area (Å²) in [7, 11) is 0. The second kappa shape index (κ2) is 10.8. The van der Waals surface area contributed by atoms with Gasteiger partial charge in [-0.3, -0.25) is 9.59 Å². The number of primary amides is 1. The van der Waals surface area contributed by atoms with Gasteiger partial charge in [0.2, 0.25) is 5.91 Å². The Kier molecular flexibility index (Phi) is 7.91. The molecule has 2 atom stereocenters. The fourth-order valence-corrected chi connectivity index (χ4v) is 3.22. The first-order valence-electron chi connectivity index (χ1n) is 10.3. The number of ether oxygens (including phenoxy) is 1. The number of aliphatic hydroxyl groups excluding tert-OH is 1. The van der Waals surface area contributed by atoms with Crippen molar-refractivity contribution < 1.29 is 32.6 Å². The van der Waals surface area contributed by atoms with Gasteiger partial charge in [-0.25, -0.2) is 0 Å². The topological polar surface area (TPSA) is 102 Å². The molecule has 0 unspecified atom stereocenters. The largest absolute Gasteiger partial charge is 0.489 e. The number of hydrogen-bond donors (Lipinski definition) is 3. The monoisotopic (exact) mass is 472 g/mol. The number of halogens is 3. The summed E-state index contributed by atoms with van der Waals surface area (Å²) in [6, 6.07) is 18.8. The van der Waals surface area contributed by atoms with Crippen molar-refractivity contribution in [3.8, 4) is 5.75 Å². The highest BCUT2D eigenvalue weighted by Gasteiger charge is 2.31. The van der Waals surface area contributed by atoms with E-state index in [0.29, 0.717) is 17.9 Å². The van der Waals surface area contributed by atoms with Crippen LogP contribution in [0.5, 0.6) is 5.75 Å². The highest BCUT2D eigenvalue weighted by molar-refractivity contribution is 5.89. The minimum absolute atomic E-state index is 0.0311. The van der Waals surface area contributed by atoms with Crippen molar-refractivity contribution in [3.05, 3.63) is 101 Å². The predicted octanol–water partition coefficient (Wildman–Crippen LogP) is 3.53. The third-order valence-corrected chi connectivity index (χ3v) is 5.05. The number of amides is 2. The molecule has 34 heavy (non-hydrogen) atoms. The molecule has 0 aliphatic rings. The van der Waals surface area contributed by atoms with Crippen molar-refractivity contribution in [3.63, 3.8) is 0 Å². The van der Waals surface area contributed by atoms with Crippen molar-refractivity contribution in [2.75, 3.05) is 0 Å². The van der Waals surface area contributed by atoms with Crippen molar-refractivity contribution in [2.24, 2.45) is 5.73 Å². The van der Waals surface area contributed by atoms with E-state index in [2.05, 4.69) is 5.32 Å². The number of carbonyl (C=O) groups is 2. The summed E-state index contributed by atoms with van der Waals surface area (Å²) < 4.78 is 43.9. The lowest BCUT2D eigenvalue weighted by atomic mass is 10.0. The molecule has 3 aromatic carbocycles. The number of benzene rings is 3. The number of aliphatic hydroxyl groups is 1. The first-order valence-corrected chi connectivity index (χ1v) is 10.3. The molecule has 178 valence electrons. The fraction of sp³-hybridized carbons (Fsp3) is 0.200. The predicted molar refractivity (Wildman–Crippen MR) is 118 cm³/mol. The molecular weight excluding hydrogens is 449 g/mol. The van der Waals surface area contributed by atoms with E-state index in [-0.39, 0.29) is 12.0 Å². The summed E-state index contributed by atoms with van der Waals surface area (Å²) in [6.07, 6.45) is -6.28. The first kappa shape index (κ1) is 24.8. The zero-order valence-electron chi connectivity index (χ0n) is 18.0. The highest BCUT2D eigenvalue weighted by Crippen LogP contribution is 2.30. The van der Waals surface area contributed by atoms with Gasteiger partial charge < -0.3 is 20.9 Å². The summed E-state index contributed by atoms with van der Waals surface area (Å²) in [5, 5.41) is 12.6. The lowest BCUT2D eigenvalue weighted by molar-refractivity contribution is -0.137. The Labute approximate surface area is 194 Å². The second-order valence-corrected chi connectivity index (χ2v) is 7.61. The number of carbonyl (C=O) groups excluding carboxylic acids is 2. The van der Waals surface area contributed by atoms with Gasteiger partial charge in [0.05, 0.1) is 5.56 Å². The molecule has 3 aromatic rings. The Morgan fingerprint density at radius 3 is 2.21 bits per heavy atom. The molecule has 0 aliphatic heterocycles. The summed E-state index contributed by atoms with van der Waals surface area (Å²) in [4.78, 5) is 24.4. The summed E-state index contributed by atoms with van der Waals surface area (Å²) in [6.45, 7) is 0.347. The number of rotatable bonds is 9. The molecule has 4 N–H and O–H groups in total. The third-order valence-electron chi connectivity index (χ3n) is 5.05. The number of alkyl halides is 3. The number of nitrogens with two attached hydrogens (primary N) is 1. The van der Waals surface area contributed by atoms with E-state index in [1.165, 1.54) is 0 Å². The molecule has 0 aromatic heterocycles. The van der Waals surface area contributed by atoms with Crippen molar-refractivity contribution in [1.82, 2.24) is 5.32 Å². The van der Waals surface area contributed by atoms with Crippen molar-refractivity contribution in [1.29, 1.82) is 0 Å². The lowest BCUT2D eigenvalue weighted by Gasteiger charge is -2.19. The van der Waals surface area contributed by atoms with Gasteiger partial charge in [0.15, 0.2) is 6.10 Å². The van der Waals surface area contributed by atoms with Gasteiger partial charge in [0, 0.05) is 6.42 Å². The molecule has 0 fully saturated rings. The van der Waals surface area contributed by atoms with Crippen LogP contribution in [0, 0.1) is 0 Å². The van der Waals surface area contributed by atoms with Gasteiger partial charge in [-0.15, -0.1) is 0 Å². The van der Waals surface area contributed by atoms with Crippen LogP contribution < -0.4 is 15.8 Å². The van der Waals surface area contributed by atoms with Gasteiger partial charge in [0.25, 0.3) is 5.91 Å². The fourth-order valence-electron chi connectivity index (χ4n) is 3.22. The van der Waals surface area contributed by atoms with Crippen LogP contribution in [0.1, 0.15) is 28.4 Å². The minimum Gasteiger partial charge on any atom is -0.489 e. The standard InChI is InChI=1S/C25H23F3N2O4/c26-25(27,28)19-11-9-18(10-12-19)22(31)24(33)30-21(23(29)32)14-17-7-4-8-20(13-17)34-15-16-5-2-1-3-6-16/h1-13,21-22,31H,14-15H2,(H2,29,32)(H,30,33)/t21-,22-/m0/s1. The molecule has 0 heterocycles. The van der Waals surface area contributed by atoms with Crippen LogP contribution >= 0.6 is 0 Å². The average Bonchev–Trinajstić information content (AvgIpc) is 2.82. The van der Waals surface area contributed by atoms with Gasteiger partial charge in [-0.05, 0) is 41.0 Å². The first-order chi connectivity index (χ1) is 16.1. The summed E-state index contributed by atoms with van der Waals surface area (Å²) >= 11 is 0. The minimum atomic E-state index is -4.54. The van der Waals surface area contributed by atoms with Crippen LogP contribution in [-0.2, 0) is 28.8 Å². The maximum atomic E-state index is 12.7. The molecule has 0 saturated heterocycles. The Morgan fingerprint density at radius 1 is 0.941 bits per heavy atom. The molecule has 6 nitrogen and oxygen atoms in total. The molecule has 2 amide bonds. The van der Waals surface area contributed by atoms with Crippen LogP contribution in [0.2, 0.25) is 0 Å². The van der Waals surface area contributed by atoms with Crippen LogP contribution in [0.3, 0.4) is 0 Å². The molecule has 0 saturated carbocycles. The summed E-state index contributed by atoms with van der Waals surface area (Å²) in [5.41, 5.74) is 6.09. The van der Waals surface area contributed by atoms with Crippen LogP contribution in [0.25, 0.3) is 0 Å². The number of nitrogens with one attached hydrogen (secondary N) is 1. The zero-order valence-corrected chi connectivity index (χ0v) is 18.0. The van der Waals surface area contributed by atoms with Crippen molar-refractivity contribution in [2.45, 2.75) is 31.3 Å². The Hall–Kier alpha value is -3.85.